The number of nitrogens with zero attached hydrogens (tertiary/aromatic N) is 1. The fourth-order valence-corrected chi connectivity index (χ4v) is 1.18. The van der Waals surface area contributed by atoms with Crippen LogP contribution in [0.2, 0.25) is 0 Å². The molecule has 0 bridgehead atoms. The Morgan fingerprint density at radius 1 is 1.23 bits per heavy atom. The highest BCUT2D eigenvalue weighted by Crippen LogP contribution is 2.00. The molecule has 80 valence electrons. The van der Waals surface area contributed by atoms with Gasteiger partial charge in [0.05, 0.1) is 18.8 Å². The number of likely N-dealkylation sites (N-methyl/N-ethyl adjacent to an activating group) is 1. The van der Waals surface area contributed by atoms with Crippen LogP contribution in [-0.2, 0) is 9.47 Å². The Morgan fingerprint density at radius 2 is 1.85 bits per heavy atom. The van der Waals surface area contributed by atoms with Crippen LogP contribution in [0.3, 0.4) is 0 Å². The van der Waals surface area contributed by atoms with Crippen LogP contribution in [-0.4, -0.2) is 51.0 Å². The number of rotatable bonds is 7. The van der Waals surface area contributed by atoms with Crippen LogP contribution in [0.4, 0.5) is 0 Å². The van der Waals surface area contributed by atoms with Crippen molar-refractivity contribution in [3.63, 3.8) is 0 Å². The largest absolute Gasteiger partial charge is 0.379 e. The lowest BCUT2D eigenvalue weighted by atomic mass is 10.3. The SMILES string of the molecule is CCOC[C@@H](CN(C)C)OC(C)C. The summed E-state index contributed by atoms with van der Waals surface area (Å²) in [4.78, 5) is 2.12. The van der Waals surface area contributed by atoms with Crippen LogP contribution in [0.1, 0.15) is 20.8 Å². The second-order valence-corrected chi connectivity index (χ2v) is 3.73. The first kappa shape index (κ1) is 12.9. The topological polar surface area (TPSA) is 21.7 Å². The van der Waals surface area contributed by atoms with Crippen LogP contribution in [0.5, 0.6) is 0 Å². The van der Waals surface area contributed by atoms with Gasteiger partial charge < -0.3 is 14.4 Å². The van der Waals surface area contributed by atoms with Crippen molar-refractivity contribution in [2.75, 3.05) is 33.9 Å². The molecule has 3 nitrogen and oxygen atoms in total. The number of hydrogen-bond acceptors (Lipinski definition) is 3. The summed E-state index contributed by atoms with van der Waals surface area (Å²) in [7, 11) is 4.09. The Morgan fingerprint density at radius 3 is 2.23 bits per heavy atom. The van der Waals surface area contributed by atoms with Crippen molar-refractivity contribution in [3.8, 4) is 0 Å². The van der Waals surface area contributed by atoms with E-state index in [-0.39, 0.29) is 12.2 Å². The summed E-state index contributed by atoms with van der Waals surface area (Å²) in [6.45, 7) is 8.46. The molecule has 0 aliphatic carbocycles. The molecule has 0 aromatic heterocycles. The molecule has 0 N–H and O–H groups in total. The average molecular weight is 189 g/mol. The molecule has 1 atom stereocenters. The molecule has 0 amide bonds. The molecule has 0 fully saturated rings. The summed E-state index contributed by atoms with van der Waals surface area (Å²) in [6.07, 6.45) is 0.459. The highest BCUT2D eigenvalue weighted by atomic mass is 16.5. The fourth-order valence-electron chi connectivity index (χ4n) is 1.18. The van der Waals surface area contributed by atoms with Crippen molar-refractivity contribution >= 4 is 0 Å². The molecule has 0 radical (unpaired) electrons. The Hall–Kier alpha value is -0.120. The third-order valence-electron chi connectivity index (χ3n) is 1.54. The summed E-state index contributed by atoms with van der Waals surface area (Å²) < 4.78 is 11.0. The lowest BCUT2D eigenvalue weighted by molar-refractivity contribution is -0.0513. The van der Waals surface area contributed by atoms with Crippen LogP contribution in [0.15, 0.2) is 0 Å². The van der Waals surface area contributed by atoms with Crippen molar-refractivity contribution in [1.29, 1.82) is 0 Å². The molecule has 0 saturated carbocycles. The summed E-state index contributed by atoms with van der Waals surface area (Å²) in [5.41, 5.74) is 0. The summed E-state index contributed by atoms with van der Waals surface area (Å²) in [5.74, 6) is 0. The smallest absolute Gasteiger partial charge is 0.0938 e. The maximum atomic E-state index is 5.70. The zero-order chi connectivity index (χ0) is 10.3. The quantitative estimate of drug-likeness (QED) is 0.604. The molecular weight excluding hydrogens is 166 g/mol. The van der Waals surface area contributed by atoms with E-state index in [9.17, 15) is 0 Å². The first-order valence-electron chi connectivity index (χ1n) is 4.94. The highest BCUT2D eigenvalue weighted by Gasteiger charge is 2.11. The van der Waals surface area contributed by atoms with Crippen molar-refractivity contribution in [2.45, 2.75) is 33.0 Å². The van der Waals surface area contributed by atoms with Gasteiger partial charge in [-0.3, -0.25) is 0 Å². The maximum Gasteiger partial charge on any atom is 0.0938 e. The monoisotopic (exact) mass is 189 g/mol. The molecule has 0 saturated heterocycles. The van der Waals surface area contributed by atoms with Gasteiger partial charge in [0.25, 0.3) is 0 Å². The van der Waals surface area contributed by atoms with Gasteiger partial charge in [0.15, 0.2) is 0 Å². The summed E-state index contributed by atoms with van der Waals surface area (Å²) in [5, 5.41) is 0. The van der Waals surface area contributed by atoms with Crippen LogP contribution in [0.25, 0.3) is 0 Å². The zero-order valence-electron chi connectivity index (χ0n) is 9.54. The van der Waals surface area contributed by atoms with E-state index in [0.717, 1.165) is 13.2 Å². The van der Waals surface area contributed by atoms with E-state index >= 15 is 0 Å². The molecule has 0 heterocycles. The minimum atomic E-state index is 0.190. The number of hydrogen-bond donors (Lipinski definition) is 0. The van der Waals surface area contributed by atoms with Crippen LogP contribution < -0.4 is 0 Å². The second kappa shape index (κ2) is 7.30. The van der Waals surface area contributed by atoms with Gasteiger partial charge >= 0.3 is 0 Å². The Bertz CT molecular complexity index is 105. The first-order valence-corrected chi connectivity index (χ1v) is 4.94. The van der Waals surface area contributed by atoms with Crippen molar-refractivity contribution in [2.24, 2.45) is 0 Å². The molecule has 0 aliphatic heterocycles. The molecule has 0 rings (SSSR count). The maximum absolute atomic E-state index is 5.70. The van der Waals surface area contributed by atoms with Gasteiger partial charge in [-0.2, -0.15) is 0 Å². The molecular formula is C10H23NO2. The lowest BCUT2D eigenvalue weighted by Crippen LogP contribution is -2.34. The number of ether oxygens (including phenoxy) is 2. The third kappa shape index (κ3) is 8.22. The van der Waals surface area contributed by atoms with Gasteiger partial charge in [0.1, 0.15) is 0 Å². The molecule has 0 unspecified atom stereocenters. The van der Waals surface area contributed by atoms with Gasteiger partial charge in [-0.1, -0.05) is 0 Å². The van der Waals surface area contributed by atoms with Gasteiger partial charge in [0.2, 0.25) is 0 Å². The minimum Gasteiger partial charge on any atom is -0.379 e. The highest BCUT2D eigenvalue weighted by molar-refractivity contribution is 4.61. The molecule has 0 spiro atoms. The van der Waals surface area contributed by atoms with Crippen molar-refractivity contribution in [1.82, 2.24) is 4.90 Å². The van der Waals surface area contributed by atoms with E-state index in [2.05, 4.69) is 18.7 Å². The van der Waals surface area contributed by atoms with E-state index in [4.69, 9.17) is 9.47 Å². The van der Waals surface area contributed by atoms with E-state index in [1.54, 1.807) is 0 Å². The van der Waals surface area contributed by atoms with E-state index in [1.807, 2.05) is 21.0 Å². The van der Waals surface area contributed by atoms with Gasteiger partial charge in [-0.15, -0.1) is 0 Å². The van der Waals surface area contributed by atoms with E-state index < -0.39 is 0 Å². The van der Waals surface area contributed by atoms with Gasteiger partial charge in [0, 0.05) is 13.2 Å². The van der Waals surface area contributed by atoms with E-state index in [1.165, 1.54) is 0 Å². The molecule has 13 heavy (non-hydrogen) atoms. The van der Waals surface area contributed by atoms with E-state index in [0.29, 0.717) is 6.61 Å². The standard InChI is InChI=1S/C10H23NO2/c1-6-12-8-10(7-11(4)5)13-9(2)3/h9-10H,6-8H2,1-5H3/t10-/m1/s1. The normalized spacial score (nSPS) is 14.1. The zero-order valence-corrected chi connectivity index (χ0v) is 9.54. The second-order valence-electron chi connectivity index (χ2n) is 3.73. The van der Waals surface area contributed by atoms with Crippen molar-refractivity contribution < 1.29 is 9.47 Å². The Balaban J connectivity index is 3.73. The third-order valence-corrected chi connectivity index (χ3v) is 1.54. The predicted octanol–water partition coefficient (Wildman–Crippen LogP) is 1.38. The lowest BCUT2D eigenvalue weighted by Gasteiger charge is -2.23. The summed E-state index contributed by atoms with van der Waals surface area (Å²) >= 11 is 0. The molecule has 3 heteroatoms. The fraction of sp³-hybridized carbons (Fsp3) is 1.00. The molecule has 0 aromatic carbocycles. The molecule has 0 aromatic rings. The summed E-state index contributed by atoms with van der Waals surface area (Å²) in [6, 6.07) is 0. The predicted molar refractivity (Wildman–Crippen MR) is 55.1 cm³/mol. The van der Waals surface area contributed by atoms with Crippen molar-refractivity contribution in [3.05, 3.63) is 0 Å². The Labute approximate surface area is 82.0 Å². The van der Waals surface area contributed by atoms with Gasteiger partial charge in [-0.05, 0) is 34.9 Å². The Kier molecular flexibility index (Phi) is 7.23. The van der Waals surface area contributed by atoms with Crippen LogP contribution in [0, 0.1) is 0 Å². The van der Waals surface area contributed by atoms with Crippen LogP contribution >= 0.6 is 0 Å². The van der Waals surface area contributed by atoms with Gasteiger partial charge in [-0.25, -0.2) is 0 Å². The minimum absolute atomic E-state index is 0.190. The first-order chi connectivity index (χ1) is 6.06. The molecule has 0 aliphatic rings. The average Bonchev–Trinajstić information content (AvgIpc) is 1.98.